The van der Waals surface area contributed by atoms with Gasteiger partial charge >= 0.3 is 5.97 Å². The molecule has 0 aliphatic carbocycles. The van der Waals surface area contributed by atoms with Gasteiger partial charge in [-0.15, -0.1) is 0 Å². The molecular weight excluding hydrogens is 650 g/mol. The van der Waals surface area contributed by atoms with E-state index in [1.54, 1.807) is 6.08 Å². The number of hydrogen-bond acceptors (Lipinski definition) is 4. The minimum atomic E-state index is -0.487. The van der Waals surface area contributed by atoms with E-state index in [-0.39, 0.29) is 11.6 Å². The Morgan fingerprint density at radius 2 is 1.36 bits per heavy atom. The van der Waals surface area contributed by atoms with Crippen molar-refractivity contribution in [3.05, 3.63) is 127 Å². The van der Waals surface area contributed by atoms with Gasteiger partial charge in [0, 0.05) is 15.6 Å². The van der Waals surface area contributed by atoms with Crippen molar-refractivity contribution in [3.63, 3.8) is 0 Å². The van der Waals surface area contributed by atoms with E-state index in [0.29, 0.717) is 12.4 Å². The number of carbonyl (C=O) groups is 1. The maximum Gasteiger partial charge on any atom is 0.363 e. The quantitative estimate of drug-likeness (QED) is 0.153. The van der Waals surface area contributed by atoms with Crippen molar-refractivity contribution >= 4 is 65.7 Å². The molecule has 0 radical (unpaired) electrons. The molecule has 0 saturated heterocycles. The Morgan fingerprint density at radius 3 is 2.06 bits per heavy atom. The highest BCUT2D eigenvalue weighted by Gasteiger charge is 2.24. The Hall–Kier alpha value is -3.00. The van der Waals surface area contributed by atoms with Crippen LogP contribution >= 0.6 is 47.8 Å². The molecule has 4 aromatic carbocycles. The van der Waals surface area contributed by atoms with E-state index in [4.69, 9.17) is 9.47 Å². The van der Waals surface area contributed by atoms with Crippen molar-refractivity contribution in [2.75, 3.05) is 0 Å². The predicted molar refractivity (Wildman–Crippen MR) is 153 cm³/mol. The second-order valence-electron chi connectivity index (χ2n) is 7.97. The summed E-state index contributed by atoms with van der Waals surface area (Å²) >= 11 is 10.7. The minimum absolute atomic E-state index is 0.234. The third kappa shape index (κ3) is 5.53. The fourth-order valence-corrected chi connectivity index (χ4v) is 5.54. The summed E-state index contributed by atoms with van der Waals surface area (Å²) in [6.45, 7) is 0.405. The van der Waals surface area contributed by atoms with Crippen molar-refractivity contribution < 1.29 is 14.3 Å². The summed E-state index contributed by atoms with van der Waals surface area (Å²) in [6.07, 6.45) is 1.70. The number of aliphatic imine (C=N–C) groups is 1. The Bertz CT molecular complexity index is 1470. The number of carbonyl (C=O) groups excluding carboxylic acids is 1. The number of cyclic esters (lactones) is 1. The maximum absolute atomic E-state index is 12.5. The van der Waals surface area contributed by atoms with Crippen LogP contribution in [0.25, 0.3) is 17.2 Å². The number of esters is 1. The molecule has 178 valence electrons. The highest BCUT2D eigenvalue weighted by atomic mass is 79.9. The third-order valence-electron chi connectivity index (χ3n) is 5.51. The first-order valence-corrected chi connectivity index (χ1v) is 13.4. The highest BCUT2D eigenvalue weighted by Crippen LogP contribution is 2.36. The van der Waals surface area contributed by atoms with Gasteiger partial charge < -0.3 is 9.47 Å². The fraction of sp³-hybridized carbons (Fsp3) is 0.0345. The van der Waals surface area contributed by atoms with Gasteiger partial charge in [0.15, 0.2) is 5.70 Å². The van der Waals surface area contributed by atoms with Gasteiger partial charge in [-0.3, -0.25) is 0 Å². The molecule has 1 aliphatic rings. The van der Waals surface area contributed by atoms with Crippen LogP contribution in [0.4, 0.5) is 0 Å². The molecule has 0 unspecified atom stereocenters. The van der Waals surface area contributed by atoms with E-state index in [0.717, 1.165) is 41.2 Å². The van der Waals surface area contributed by atoms with Gasteiger partial charge in [-0.05, 0) is 85.0 Å². The van der Waals surface area contributed by atoms with Crippen LogP contribution < -0.4 is 4.74 Å². The zero-order valence-electron chi connectivity index (χ0n) is 18.8. The Balaban J connectivity index is 1.34. The van der Waals surface area contributed by atoms with Crippen LogP contribution in [0.1, 0.15) is 16.7 Å². The lowest BCUT2D eigenvalue weighted by Crippen LogP contribution is -2.05. The summed E-state index contributed by atoms with van der Waals surface area (Å²) in [5.41, 5.74) is 4.99. The van der Waals surface area contributed by atoms with Gasteiger partial charge in [-0.25, -0.2) is 9.79 Å². The Labute approximate surface area is 234 Å². The van der Waals surface area contributed by atoms with Crippen molar-refractivity contribution in [3.8, 4) is 16.9 Å². The molecular formula is C29H18Br3NO3. The van der Waals surface area contributed by atoms with Crippen LogP contribution in [0.15, 0.2) is 115 Å². The number of nitrogens with zero attached hydrogens (tertiary/aromatic N) is 1. The van der Waals surface area contributed by atoms with Crippen LogP contribution in [0, 0.1) is 0 Å². The van der Waals surface area contributed by atoms with Crippen molar-refractivity contribution in [2.45, 2.75) is 6.61 Å². The molecule has 36 heavy (non-hydrogen) atoms. The van der Waals surface area contributed by atoms with E-state index in [1.165, 1.54) is 0 Å². The molecule has 7 heteroatoms. The number of halogens is 3. The van der Waals surface area contributed by atoms with E-state index in [1.807, 2.05) is 78.9 Å². The molecule has 0 N–H and O–H groups in total. The maximum atomic E-state index is 12.5. The molecule has 4 aromatic rings. The number of hydrogen-bond donors (Lipinski definition) is 0. The smallest absolute Gasteiger partial charge is 0.363 e. The first kappa shape index (κ1) is 24.7. The van der Waals surface area contributed by atoms with Crippen LogP contribution in [0.2, 0.25) is 0 Å². The van der Waals surface area contributed by atoms with Gasteiger partial charge in [0.1, 0.15) is 12.4 Å². The van der Waals surface area contributed by atoms with Crippen molar-refractivity contribution in [1.82, 2.24) is 0 Å². The number of rotatable bonds is 6. The molecule has 4 nitrogen and oxygen atoms in total. The van der Waals surface area contributed by atoms with Gasteiger partial charge in [0.25, 0.3) is 0 Å². The summed E-state index contributed by atoms with van der Waals surface area (Å²) < 4.78 is 14.0. The predicted octanol–water partition coefficient (Wildman–Crippen LogP) is 8.56. The van der Waals surface area contributed by atoms with Crippen molar-refractivity contribution in [1.29, 1.82) is 0 Å². The summed E-state index contributed by atoms with van der Waals surface area (Å²) in [5.74, 6) is 0.473. The topological polar surface area (TPSA) is 47.9 Å². The largest absolute Gasteiger partial charge is 0.486 e. The lowest BCUT2D eigenvalue weighted by molar-refractivity contribution is -0.129. The lowest BCUT2D eigenvalue weighted by atomic mass is 10.0. The summed E-state index contributed by atoms with van der Waals surface area (Å²) in [7, 11) is 0. The first-order chi connectivity index (χ1) is 17.5. The molecule has 0 saturated carbocycles. The Kier molecular flexibility index (Phi) is 7.51. The second kappa shape index (κ2) is 10.9. The van der Waals surface area contributed by atoms with Crippen LogP contribution in [-0.4, -0.2) is 11.9 Å². The molecule has 1 aliphatic heterocycles. The highest BCUT2D eigenvalue weighted by molar-refractivity contribution is 9.11. The van der Waals surface area contributed by atoms with Crippen LogP contribution in [0.3, 0.4) is 0 Å². The molecule has 0 atom stereocenters. The average Bonchev–Trinajstić information content (AvgIpc) is 3.25. The number of ether oxygens (including phenoxy) is 2. The van der Waals surface area contributed by atoms with Crippen LogP contribution in [0.5, 0.6) is 5.75 Å². The summed E-state index contributed by atoms with van der Waals surface area (Å²) in [6, 6.07) is 29.5. The van der Waals surface area contributed by atoms with E-state index >= 15 is 0 Å². The third-order valence-corrected chi connectivity index (χ3v) is 7.47. The zero-order chi connectivity index (χ0) is 25.1. The van der Waals surface area contributed by atoms with Gasteiger partial charge in [-0.2, -0.15) is 0 Å². The number of benzene rings is 4. The van der Waals surface area contributed by atoms with Crippen molar-refractivity contribution in [2.24, 2.45) is 4.99 Å². The monoisotopic (exact) mass is 665 g/mol. The molecule has 0 fully saturated rings. The van der Waals surface area contributed by atoms with Crippen LogP contribution in [-0.2, 0) is 16.1 Å². The fourth-order valence-electron chi connectivity index (χ4n) is 3.69. The lowest BCUT2D eigenvalue weighted by Gasteiger charge is -2.12. The van der Waals surface area contributed by atoms with Gasteiger partial charge in [0.2, 0.25) is 5.90 Å². The van der Waals surface area contributed by atoms with E-state index < -0.39 is 5.97 Å². The standard InChI is InChI=1S/C29H18Br3NO3/c30-23-9-5-4-8-22(23)17-35-27-24(31)14-18(15-25(27)32)16-26-29(34)36-28(33-26)21-12-10-20(11-13-21)19-6-2-1-3-7-19/h1-16H,17H2/b26-16-. The SMILES string of the molecule is O=C1OC(c2ccc(-c3ccccc3)cc2)=N/C1=C\c1cc(Br)c(OCc2ccccc2Br)c(Br)c1. The van der Waals surface area contributed by atoms with Gasteiger partial charge in [-0.1, -0.05) is 76.6 Å². The zero-order valence-corrected chi connectivity index (χ0v) is 23.5. The molecule has 0 spiro atoms. The van der Waals surface area contributed by atoms with E-state index in [2.05, 4.69) is 64.9 Å². The molecule has 5 rings (SSSR count). The molecule has 1 heterocycles. The minimum Gasteiger partial charge on any atom is -0.486 e. The molecule has 0 aromatic heterocycles. The molecule has 0 amide bonds. The summed E-state index contributed by atoms with van der Waals surface area (Å²) in [5, 5.41) is 0. The average molecular weight is 668 g/mol. The first-order valence-electron chi connectivity index (χ1n) is 11.0. The summed E-state index contributed by atoms with van der Waals surface area (Å²) in [4.78, 5) is 17.0. The second-order valence-corrected chi connectivity index (χ2v) is 10.5. The van der Waals surface area contributed by atoms with Gasteiger partial charge in [0.05, 0.1) is 8.95 Å². The molecule has 0 bridgehead atoms. The normalized spacial score (nSPS) is 14.0. The Morgan fingerprint density at radius 1 is 0.750 bits per heavy atom. The van der Waals surface area contributed by atoms with E-state index in [9.17, 15) is 4.79 Å².